The average Bonchev–Trinajstić information content (AvgIpc) is 2.74. The highest BCUT2D eigenvalue weighted by Crippen LogP contribution is 2.16. The standard InChI is InChI=1S/C22H20FN3O4S/c23-18-8-4-5-9-20(18)31(29,30)26-19(14-15-6-2-1-3-7-15)22(28)25-17-12-10-16(11-13-17)21(24)27/h1-13,19,26H,14H2,(H2,24,27)(H,25,28)/t19-/m0/s1. The van der Waals surface area contributed by atoms with Gasteiger partial charge in [0.05, 0.1) is 0 Å². The van der Waals surface area contributed by atoms with Gasteiger partial charge in [0.25, 0.3) is 0 Å². The van der Waals surface area contributed by atoms with E-state index in [1.165, 1.54) is 36.4 Å². The SMILES string of the molecule is NC(=O)c1ccc(NC(=O)[C@H](Cc2ccccc2)NS(=O)(=O)c2ccccc2F)cc1. The zero-order valence-electron chi connectivity index (χ0n) is 16.3. The molecule has 0 saturated carbocycles. The van der Waals surface area contributed by atoms with Crippen LogP contribution in [0.2, 0.25) is 0 Å². The van der Waals surface area contributed by atoms with Gasteiger partial charge in [0.2, 0.25) is 21.8 Å². The average molecular weight is 441 g/mol. The molecule has 0 radical (unpaired) electrons. The van der Waals surface area contributed by atoms with Crippen LogP contribution < -0.4 is 15.8 Å². The molecule has 0 aliphatic carbocycles. The Kier molecular flexibility index (Phi) is 6.78. The van der Waals surface area contributed by atoms with E-state index in [-0.39, 0.29) is 12.0 Å². The van der Waals surface area contributed by atoms with E-state index < -0.39 is 38.6 Å². The molecular weight excluding hydrogens is 421 g/mol. The van der Waals surface area contributed by atoms with Crippen LogP contribution in [0.5, 0.6) is 0 Å². The molecule has 0 unspecified atom stereocenters. The summed E-state index contributed by atoms with van der Waals surface area (Å²) in [5.41, 5.74) is 6.52. The van der Waals surface area contributed by atoms with Crippen molar-refractivity contribution >= 4 is 27.5 Å². The lowest BCUT2D eigenvalue weighted by molar-refractivity contribution is -0.117. The molecule has 3 aromatic carbocycles. The molecule has 0 aromatic heterocycles. The van der Waals surface area contributed by atoms with Gasteiger partial charge < -0.3 is 11.1 Å². The van der Waals surface area contributed by atoms with Crippen molar-refractivity contribution in [1.29, 1.82) is 0 Å². The summed E-state index contributed by atoms with van der Waals surface area (Å²) in [6, 6.07) is 18.3. The number of hydrogen-bond acceptors (Lipinski definition) is 4. The minimum Gasteiger partial charge on any atom is -0.366 e. The largest absolute Gasteiger partial charge is 0.366 e. The minimum absolute atomic E-state index is 0.0414. The van der Waals surface area contributed by atoms with Crippen LogP contribution in [0.1, 0.15) is 15.9 Å². The molecule has 160 valence electrons. The van der Waals surface area contributed by atoms with Gasteiger partial charge in [-0.25, -0.2) is 12.8 Å². The summed E-state index contributed by atoms with van der Waals surface area (Å²) in [5.74, 6) is -2.18. The number of carbonyl (C=O) groups excluding carboxylic acids is 2. The first-order valence-electron chi connectivity index (χ1n) is 9.28. The zero-order chi connectivity index (χ0) is 22.4. The van der Waals surface area contributed by atoms with Crippen molar-refractivity contribution in [1.82, 2.24) is 4.72 Å². The second-order valence-electron chi connectivity index (χ2n) is 6.72. The van der Waals surface area contributed by atoms with Gasteiger partial charge in [-0.1, -0.05) is 42.5 Å². The van der Waals surface area contributed by atoms with E-state index in [0.29, 0.717) is 11.3 Å². The van der Waals surface area contributed by atoms with Crippen molar-refractivity contribution in [3.8, 4) is 0 Å². The molecule has 4 N–H and O–H groups in total. The van der Waals surface area contributed by atoms with Crippen LogP contribution in [0.25, 0.3) is 0 Å². The van der Waals surface area contributed by atoms with Gasteiger partial charge in [-0.3, -0.25) is 9.59 Å². The second-order valence-corrected chi connectivity index (χ2v) is 8.41. The van der Waals surface area contributed by atoms with Crippen LogP contribution in [0.4, 0.5) is 10.1 Å². The van der Waals surface area contributed by atoms with E-state index in [1.807, 2.05) is 0 Å². The van der Waals surface area contributed by atoms with E-state index in [0.717, 1.165) is 12.1 Å². The predicted molar refractivity (Wildman–Crippen MR) is 114 cm³/mol. The lowest BCUT2D eigenvalue weighted by Crippen LogP contribution is -2.45. The van der Waals surface area contributed by atoms with Crippen LogP contribution >= 0.6 is 0 Å². The first-order chi connectivity index (χ1) is 14.8. The number of amides is 2. The zero-order valence-corrected chi connectivity index (χ0v) is 17.1. The van der Waals surface area contributed by atoms with Gasteiger partial charge in [-0.2, -0.15) is 4.72 Å². The van der Waals surface area contributed by atoms with E-state index >= 15 is 0 Å². The maximum Gasteiger partial charge on any atom is 0.248 e. The number of benzene rings is 3. The van der Waals surface area contributed by atoms with E-state index in [4.69, 9.17) is 5.73 Å². The number of sulfonamides is 1. The summed E-state index contributed by atoms with van der Waals surface area (Å²) >= 11 is 0. The Morgan fingerprint density at radius 3 is 2.13 bits per heavy atom. The number of hydrogen-bond donors (Lipinski definition) is 3. The quantitative estimate of drug-likeness (QED) is 0.498. The van der Waals surface area contributed by atoms with Crippen LogP contribution in [-0.2, 0) is 21.2 Å². The number of halogens is 1. The lowest BCUT2D eigenvalue weighted by Gasteiger charge is -2.19. The topological polar surface area (TPSA) is 118 Å². The van der Waals surface area contributed by atoms with Crippen LogP contribution in [-0.4, -0.2) is 26.3 Å². The molecule has 9 heteroatoms. The predicted octanol–water partition coefficient (Wildman–Crippen LogP) is 2.45. The molecule has 3 rings (SSSR count). The Balaban J connectivity index is 1.86. The summed E-state index contributed by atoms with van der Waals surface area (Å²) in [6.07, 6.45) is 0.0414. The summed E-state index contributed by atoms with van der Waals surface area (Å²) in [5, 5.41) is 2.61. The first kappa shape index (κ1) is 22.1. The van der Waals surface area contributed by atoms with Gasteiger partial charge in [0.1, 0.15) is 16.8 Å². The van der Waals surface area contributed by atoms with Crippen molar-refractivity contribution in [2.75, 3.05) is 5.32 Å². The molecule has 0 saturated heterocycles. The van der Waals surface area contributed by atoms with E-state index in [1.54, 1.807) is 30.3 Å². The summed E-state index contributed by atoms with van der Waals surface area (Å²) < 4.78 is 41.8. The molecule has 0 heterocycles. The highest BCUT2D eigenvalue weighted by molar-refractivity contribution is 7.89. The summed E-state index contributed by atoms with van der Waals surface area (Å²) in [6.45, 7) is 0. The molecule has 7 nitrogen and oxygen atoms in total. The molecule has 0 bridgehead atoms. The summed E-state index contributed by atoms with van der Waals surface area (Å²) in [7, 11) is -4.31. The molecule has 2 amide bonds. The van der Waals surface area contributed by atoms with E-state index in [9.17, 15) is 22.4 Å². The van der Waals surface area contributed by atoms with Gasteiger partial charge in [-0.05, 0) is 48.4 Å². The molecule has 0 aliphatic rings. The molecular formula is C22H20FN3O4S. The number of carbonyl (C=O) groups is 2. The lowest BCUT2D eigenvalue weighted by atomic mass is 10.1. The number of anilines is 1. The third-order valence-corrected chi connectivity index (χ3v) is 5.96. The second kappa shape index (κ2) is 9.50. The fourth-order valence-corrected chi connectivity index (χ4v) is 4.17. The Morgan fingerprint density at radius 1 is 0.903 bits per heavy atom. The molecule has 3 aromatic rings. The number of nitrogens with one attached hydrogen (secondary N) is 2. The Labute approximate surface area is 179 Å². The van der Waals surface area contributed by atoms with Crippen molar-refractivity contribution < 1.29 is 22.4 Å². The monoisotopic (exact) mass is 441 g/mol. The smallest absolute Gasteiger partial charge is 0.248 e. The maximum absolute atomic E-state index is 14.1. The molecule has 0 spiro atoms. The summed E-state index contributed by atoms with van der Waals surface area (Å²) in [4.78, 5) is 23.5. The maximum atomic E-state index is 14.1. The molecule has 0 aliphatic heterocycles. The Hall–Kier alpha value is -3.56. The van der Waals surface area contributed by atoms with Crippen LogP contribution in [0.3, 0.4) is 0 Å². The Morgan fingerprint density at radius 2 is 1.52 bits per heavy atom. The van der Waals surface area contributed by atoms with E-state index in [2.05, 4.69) is 10.0 Å². The molecule has 0 fully saturated rings. The van der Waals surface area contributed by atoms with Gasteiger partial charge in [-0.15, -0.1) is 0 Å². The fraction of sp³-hybridized carbons (Fsp3) is 0.0909. The molecule has 31 heavy (non-hydrogen) atoms. The van der Waals surface area contributed by atoms with Gasteiger partial charge in [0.15, 0.2) is 0 Å². The highest BCUT2D eigenvalue weighted by atomic mass is 32.2. The normalized spacial score (nSPS) is 12.2. The fourth-order valence-electron chi connectivity index (χ4n) is 2.90. The van der Waals surface area contributed by atoms with Crippen molar-refractivity contribution in [3.63, 3.8) is 0 Å². The van der Waals surface area contributed by atoms with Gasteiger partial charge >= 0.3 is 0 Å². The van der Waals surface area contributed by atoms with Crippen molar-refractivity contribution in [2.24, 2.45) is 5.73 Å². The van der Waals surface area contributed by atoms with Crippen LogP contribution in [0.15, 0.2) is 83.8 Å². The Bertz CT molecular complexity index is 1180. The molecule has 1 atom stereocenters. The first-order valence-corrected chi connectivity index (χ1v) is 10.8. The van der Waals surface area contributed by atoms with Crippen molar-refractivity contribution in [2.45, 2.75) is 17.4 Å². The third-order valence-electron chi connectivity index (χ3n) is 4.46. The highest BCUT2D eigenvalue weighted by Gasteiger charge is 2.28. The number of nitrogens with two attached hydrogens (primary N) is 1. The van der Waals surface area contributed by atoms with Crippen molar-refractivity contribution in [3.05, 3.63) is 95.8 Å². The van der Waals surface area contributed by atoms with Crippen LogP contribution in [0, 0.1) is 5.82 Å². The number of primary amides is 1. The van der Waals surface area contributed by atoms with Gasteiger partial charge in [0, 0.05) is 11.3 Å². The number of rotatable bonds is 8. The minimum atomic E-state index is -4.31. The third kappa shape index (κ3) is 5.74.